The molecule has 1 aliphatic heterocycles. The average molecular weight is 292 g/mol. The maximum absolute atomic E-state index is 2.47. The minimum atomic E-state index is 0.729. The van der Waals surface area contributed by atoms with E-state index in [1.807, 2.05) is 5.57 Å². The molecule has 0 aromatic rings. The molecule has 0 nitrogen and oxygen atoms in total. The Bertz CT molecular complexity index is 345. The highest BCUT2D eigenvalue weighted by molar-refractivity contribution is 8.04. The standard InChI is InChI=1S/C18H33BS/c1-12(2)17-15-9-7-5-6-8-14(19)10-11-16(15)20-18(17)13(3)4/h12-16H,5-11,19H2,1-4H3. The largest absolute Gasteiger partial charge is 0.126 e. The number of thioether (sulfide) groups is 1. The van der Waals surface area contributed by atoms with Crippen LogP contribution in [0.5, 0.6) is 0 Å². The van der Waals surface area contributed by atoms with Crippen molar-refractivity contribution in [1.82, 2.24) is 0 Å². The molecular weight excluding hydrogens is 259 g/mol. The zero-order chi connectivity index (χ0) is 14.7. The summed E-state index contributed by atoms with van der Waals surface area (Å²) in [6.45, 7) is 9.63. The van der Waals surface area contributed by atoms with E-state index < -0.39 is 0 Å². The van der Waals surface area contributed by atoms with E-state index in [0.29, 0.717) is 0 Å². The van der Waals surface area contributed by atoms with Gasteiger partial charge in [-0.3, -0.25) is 0 Å². The molecule has 1 saturated carbocycles. The van der Waals surface area contributed by atoms with Gasteiger partial charge in [-0.1, -0.05) is 71.2 Å². The lowest BCUT2D eigenvalue weighted by Gasteiger charge is -2.26. The molecule has 2 heteroatoms. The highest BCUT2D eigenvalue weighted by Gasteiger charge is 2.37. The second-order valence-electron chi connectivity index (χ2n) is 7.71. The third-order valence-electron chi connectivity index (χ3n) is 5.21. The molecule has 114 valence electrons. The summed E-state index contributed by atoms with van der Waals surface area (Å²) in [5.41, 5.74) is 1.84. The van der Waals surface area contributed by atoms with Gasteiger partial charge in [0, 0.05) is 5.25 Å². The summed E-state index contributed by atoms with van der Waals surface area (Å²) in [5, 5.41) is 0.894. The van der Waals surface area contributed by atoms with Crippen molar-refractivity contribution in [1.29, 1.82) is 0 Å². The lowest BCUT2D eigenvalue weighted by molar-refractivity contribution is 0.422. The molecule has 0 N–H and O–H groups in total. The maximum atomic E-state index is 2.47. The van der Waals surface area contributed by atoms with Gasteiger partial charge < -0.3 is 0 Å². The van der Waals surface area contributed by atoms with Gasteiger partial charge in [-0.05, 0) is 35.5 Å². The molecule has 1 heterocycles. The van der Waals surface area contributed by atoms with Crippen LogP contribution in [0, 0.1) is 17.8 Å². The van der Waals surface area contributed by atoms with Gasteiger partial charge in [-0.2, -0.15) is 0 Å². The fourth-order valence-electron chi connectivity index (χ4n) is 4.11. The van der Waals surface area contributed by atoms with Gasteiger partial charge in [-0.25, -0.2) is 0 Å². The molecule has 1 fully saturated rings. The maximum Gasteiger partial charge on any atom is 0.105 e. The predicted octanol–water partition coefficient (Wildman–Crippen LogP) is 5.45. The Labute approximate surface area is 132 Å². The summed E-state index contributed by atoms with van der Waals surface area (Å²) in [7, 11) is 2.47. The first-order valence-corrected chi connectivity index (χ1v) is 9.79. The van der Waals surface area contributed by atoms with Gasteiger partial charge in [0.1, 0.15) is 7.85 Å². The van der Waals surface area contributed by atoms with Gasteiger partial charge in [0.2, 0.25) is 0 Å². The van der Waals surface area contributed by atoms with Gasteiger partial charge in [0.15, 0.2) is 0 Å². The molecule has 2 aliphatic rings. The summed E-state index contributed by atoms with van der Waals surface area (Å²) in [4.78, 5) is 1.75. The molecule has 0 aromatic heterocycles. The van der Waals surface area contributed by atoms with Crippen LogP contribution in [0.2, 0.25) is 5.82 Å². The first-order valence-electron chi connectivity index (χ1n) is 8.91. The SMILES string of the molecule is BC1CCCCCC2C(C(C)C)=C(C(C)C)SC2CC1. The second kappa shape index (κ2) is 7.43. The number of allylic oxidation sites excluding steroid dienone is 2. The summed E-state index contributed by atoms with van der Waals surface area (Å²) in [6, 6.07) is 0. The van der Waals surface area contributed by atoms with Crippen LogP contribution in [-0.4, -0.2) is 13.1 Å². The smallest absolute Gasteiger partial charge is 0.105 e. The van der Waals surface area contributed by atoms with Gasteiger partial charge in [0.05, 0.1) is 0 Å². The van der Waals surface area contributed by atoms with Crippen molar-refractivity contribution in [3.05, 3.63) is 10.5 Å². The van der Waals surface area contributed by atoms with Crippen molar-refractivity contribution in [2.45, 2.75) is 83.7 Å². The van der Waals surface area contributed by atoms with E-state index in [1.54, 1.807) is 4.91 Å². The van der Waals surface area contributed by atoms with E-state index in [2.05, 4.69) is 47.3 Å². The van der Waals surface area contributed by atoms with Gasteiger partial charge in [0.25, 0.3) is 0 Å². The molecular formula is C18H33BS. The number of rotatable bonds is 2. The topological polar surface area (TPSA) is 0 Å². The highest BCUT2D eigenvalue weighted by atomic mass is 32.2. The molecule has 0 bridgehead atoms. The monoisotopic (exact) mass is 292 g/mol. The first kappa shape index (κ1) is 16.5. The van der Waals surface area contributed by atoms with Crippen LogP contribution in [0.3, 0.4) is 0 Å². The molecule has 2 rings (SSSR count). The van der Waals surface area contributed by atoms with Crippen LogP contribution >= 0.6 is 11.8 Å². The van der Waals surface area contributed by atoms with Crippen LogP contribution in [0.1, 0.15) is 72.6 Å². The fourth-order valence-corrected chi connectivity index (χ4v) is 5.93. The summed E-state index contributed by atoms with van der Waals surface area (Å²) < 4.78 is 0. The molecule has 3 atom stereocenters. The molecule has 0 spiro atoms. The van der Waals surface area contributed by atoms with Crippen LogP contribution in [0.4, 0.5) is 0 Å². The van der Waals surface area contributed by atoms with E-state index >= 15 is 0 Å². The van der Waals surface area contributed by atoms with Crippen molar-refractivity contribution in [3.63, 3.8) is 0 Å². The van der Waals surface area contributed by atoms with E-state index in [0.717, 1.165) is 28.8 Å². The summed E-state index contributed by atoms with van der Waals surface area (Å²) in [6.07, 6.45) is 10.2. The molecule has 0 radical (unpaired) electrons. The van der Waals surface area contributed by atoms with Crippen molar-refractivity contribution < 1.29 is 0 Å². The van der Waals surface area contributed by atoms with Crippen LogP contribution in [0.25, 0.3) is 0 Å². The van der Waals surface area contributed by atoms with Crippen molar-refractivity contribution in [3.8, 4) is 0 Å². The minimum Gasteiger partial charge on any atom is -0.126 e. The Kier molecular flexibility index (Phi) is 6.14. The predicted molar refractivity (Wildman–Crippen MR) is 96.2 cm³/mol. The summed E-state index contributed by atoms with van der Waals surface area (Å²) in [5.74, 6) is 3.31. The Balaban J connectivity index is 2.18. The van der Waals surface area contributed by atoms with Gasteiger partial charge in [-0.15, -0.1) is 11.8 Å². The van der Waals surface area contributed by atoms with E-state index in [9.17, 15) is 0 Å². The Hall–Kier alpha value is 0.155. The van der Waals surface area contributed by atoms with Crippen LogP contribution in [0.15, 0.2) is 10.5 Å². The molecule has 1 aliphatic carbocycles. The van der Waals surface area contributed by atoms with Crippen LogP contribution in [-0.2, 0) is 0 Å². The minimum absolute atomic E-state index is 0.729. The Morgan fingerprint density at radius 1 is 0.900 bits per heavy atom. The average Bonchev–Trinajstić information content (AvgIpc) is 2.75. The van der Waals surface area contributed by atoms with Gasteiger partial charge >= 0.3 is 0 Å². The lowest BCUT2D eigenvalue weighted by Crippen LogP contribution is -2.19. The third-order valence-corrected chi connectivity index (χ3v) is 7.04. The number of hydrogen-bond donors (Lipinski definition) is 0. The zero-order valence-corrected chi connectivity index (χ0v) is 15.1. The van der Waals surface area contributed by atoms with Crippen molar-refractivity contribution in [2.75, 3.05) is 0 Å². The van der Waals surface area contributed by atoms with E-state index in [-0.39, 0.29) is 0 Å². The Morgan fingerprint density at radius 3 is 2.25 bits per heavy atom. The van der Waals surface area contributed by atoms with Crippen molar-refractivity contribution in [2.24, 2.45) is 17.8 Å². The fraction of sp³-hybridized carbons (Fsp3) is 0.889. The molecule has 20 heavy (non-hydrogen) atoms. The normalized spacial score (nSPS) is 32.8. The zero-order valence-electron chi connectivity index (χ0n) is 14.2. The summed E-state index contributed by atoms with van der Waals surface area (Å²) >= 11 is 2.26. The quantitative estimate of drug-likeness (QED) is 0.610. The van der Waals surface area contributed by atoms with E-state index in [1.165, 1.54) is 44.9 Å². The number of hydrogen-bond acceptors (Lipinski definition) is 1. The Morgan fingerprint density at radius 2 is 1.60 bits per heavy atom. The molecule has 0 amide bonds. The molecule has 0 aromatic carbocycles. The van der Waals surface area contributed by atoms with Crippen LogP contribution < -0.4 is 0 Å². The van der Waals surface area contributed by atoms with E-state index in [4.69, 9.17) is 0 Å². The van der Waals surface area contributed by atoms with Crippen molar-refractivity contribution >= 4 is 19.6 Å². The first-order chi connectivity index (χ1) is 9.50. The molecule has 3 unspecified atom stereocenters. The third kappa shape index (κ3) is 3.87. The highest BCUT2D eigenvalue weighted by Crippen LogP contribution is 2.52. The lowest BCUT2D eigenvalue weighted by atomic mass is 9.75. The molecule has 0 saturated heterocycles. The number of fused-ring (bicyclic) bond motifs is 1. The second-order valence-corrected chi connectivity index (χ2v) is 8.99.